The maximum Gasteiger partial charge on any atom is 0.103 e. The second kappa shape index (κ2) is 5.64. The monoisotopic (exact) mass is 229 g/mol. The predicted octanol–water partition coefficient (Wildman–Crippen LogP) is 2.61. The molecule has 0 spiro atoms. The lowest BCUT2D eigenvalue weighted by Crippen LogP contribution is -2.19. The van der Waals surface area contributed by atoms with E-state index in [0.717, 1.165) is 24.6 Å². The van der Waals surface area contributed by atoms with E-state index in [0.29, 0.717) is 5.92 Å². The molecule has 3 heteroatoms. The second-order valence-electron chi connectivity index (χ2n) is 4.44. The highest BCUT2D eigenvalue weighted by molar-refractivity contribution is 5.19. The maximum absolute atomic E-state index is 4.18. The highest BCUT2D eigenvalue weighted by Crippen LogP contribution is 2.13. The van der Waals surface area contributed by atoms with Gasteiger partial charge in [-0.3, -0.25) is 0 Å². The van der Waals surface area contributed by atoms with Crippen LogP contribution in [0.4, 0.5) is 0 Å². The van der Waals surface area contributed by atoms with E-state index in [9.17, 15) is 0 Å². The Balaban J connectivity index is 1.79. The molecule has 0 amide bonds. The van der Waals surface area contributed by atoms with Crippen LogP contribution in [0.1, 0.15) is 29.9 Å². The highest BCUT2D eigenvalue weighted by Gasteiger charge is 2.04. The Bertz CT molecular complexity index is 448. The van der Waals surface area contributed by atoms with Crippen molar-refractivity contribution in [1.82, 2.24) is 15.3 Å². The molecule has 1 heterocycles. The molecule has 2 N–H and O–H groups in total. The SMILES string of the molecule is Cc1ncc(CNCC(C)c2ccccc2)[nH]1. The number of nitrogens with zero attached hydrogens (tertiary/aromatic N) is 1. The summed E-state index contributed by atoms with van der Waals surface area (Å²) >= 11 is 0. The summed E-state index contributed by atoms with van der Waals surface area (Å²) in [5.41, 5.74) is 2.52. The molecule has 90 valence electrons. The molecule has 17 heavy (non-hydrogen) atoms. The summed E-state index contributed by atoms with van der Waals surface area (Å²) in [6.45, 7) is 6.02. The first kappa shape index (κ1) is 11.9. The van der Waals surface area contributed by atoms with E-state index in [1.165, 1.54) is 5.56 Å². The minimum atomic E-state index is 0.528. The molecule has 1 aromatic carbocycles. The lowest BCUT2D eigenvalue weighted by molar-refractivity contribution is 0.609. The van der Waals surface area contributed by atoms with Crippen LogP contribution in [-0.4, -0.2) is 16.5 Å². The smallest absolute Gasteiger partial charge is 0.103 e. The Morgan fingerprint density at radius 2 is 2.06 bits per heavy atom. The van der Waals surface area contributed by atoms with Crippen LogP contribution in [0.5, 0.6) is 0 Å². The zero-order valence-electron chi connectivity index (χ0n) is 10.4. The second-order valence-corrected chi connectivity index (χ2v) is 4.44. The van der Waals surface area contributed by atoms with E-state index in [2.05, 4.69) is 52.5 Å². The molecule has 3 nitrogen and oxygen atoms in total. The third-order valence-electron chi connectivity index (χ3n) is 2.89. The van der Waals surface area contributed by atoms with Gasteiger partial charge in [-0.05, 0) is 18.4 Å². The lowest BCUT2D eigenvalue weighted by Gasteiger charge is -2.12. The average molecular weight is 229 g/mol. The van der Waals surface area contributed by atoms with Crippen LogP contribution in [0.2, 0.25) is 0 Å². The van der Waals surface area contributed by atoms with Crippen molar-refractivity contribution in [2.24, 2.45) is 0 Å². The third kappa shape index (κ3) is 3.43. The Labute approximate surface area is 102 Å². The summed E-state index contributed by atoms with van der Waals surface area (Å²) in [4.78, 5) is 7.39. The van der Waals surface area contributed by atoms with E-state index in [1.54, 1.807) is 0 Å². The van der Waals surface area contributed by atoms with Crippen molar-refractivity contribution < 1.29 is 0 Å². The van der Waals surface area contributed by atoms with Crippen LogP contribution in [0.15, 0.2) is 36.5 Å². The zero-order chi connectivity index (χ0) is 12.1. The number of benzene rings is 1. The van der Waals surface area contributed by atoms with Gasteiger partial charge in [0.2, 0.25) is 0 Å². The van der Waals surface area contributed by atoms with Crippen LogP contribution < -0.4 is 5.32 Å². The standard InChI is InChI=1S/C14H19N3/c1-11(13-6-4-3-5-7-13)8-15-9-14-10-16-12(2)17-14/h3-7,10-11,15H,8-9H2,1-2H3,(H,16,17). The van der Waals surface area contributed by atoms with E-state index >= 15 is 0 Å². The molecule has 0 bridgehead atoms. The summed E-state index contributed by atoms with van der Waals surface area (Å²) in [7, 11) is 0. The van der Waals surface area contributed by atoms with Crippen LogP contribution in [0.3, 0.4) is 0 Å². The number of imidazole rings is 1. The summed E-state index contributed by atoms with van der Waals surface area (Å²) in [5, 5.41) is 3.44. The third-order valence-corrected chi connectivity index (χ3v) is 2.89. The number of aryl methyl sites for hydroxylation is 1. The number of H-pyrrole nitrogens is 1. The van der Waals surface area contributed by atoms with Crippen molar-refractivity contribution in [3.63, 3.8) is 0 Å². The minimum absolute atomic E-state index is 0.528. The predicted molar refractivity (Wildman–Crippen MR) is 69.9 cm³/mol. The van der Waals surface area contributed by atoms with Gasteiger partial charge < -0.3 is 10.3 Å². The topological polar surface area (TPSA) is 40.7 Å². The van der Waals surface area contributed by atoms with Crippen molar-refractivity contribution in [3.05, 3.63) is 53.6 Å². The van der Waals surface area contributed by atoms with Crippen LogP contribution >= 0.6 is 0 Å². The largest absolute Gasteiger partial charge is 0.345 e. The fourth-order valence-electron chi connectivity index (χ4n) is 1.88. The van der Waals surface area contributed by atoms with Crippen molar-refractivity contribution in [2.45, 2.75) is 26.3 Å². The number of aromatic nitrogens is 2. The van der Waals surface area contributed by atoms with Crippen LogP contribution in [0, 0.1) is 6.92 Å². The molecule has 1 atom stereocenters. The van der Waals surface area contributed by atoms with Crippen molar-refractivity contribution >= 4 is 0 Å². The lowest BCUT2D eigenvalue weighted by atomic mass is 10.0. The fourth-order valence-corrected chi connectivity index (χ4v) is 1.88. The minimum Gasteiger partial charge on any atom is -0.345 e. The van der Waals surface area contributed by atoms with Gasteiger partial charge in [0.25, 0.3) is 0 Å². The van der Waals surface area contributed by atoms with Gasteiger partial charge in [0.15, 0.2) is 0 Å². The molecule has 2 aromatic rings. The Morgan fingerprint density at radius 1 is 1.29 bits per heavy atom. The van der Waals surface area contributed by atoms with E-state index in [-0.39, 0.29) is 0 Å². The number of hydrogen-bond donors (Lipinski definition) is 2. The first-order chi connectivity index (χ1) is 8.25. The number of nitrogens with one attached hydrogen (secondary N) is 2. The molecule has 0 aliphatic carbocycles. The average Bonchev–Trinajstić information content (AvgIpc) is 2.76. The molecule has 1 unspecified atom stereocenters. The summed E-state index contributed by atoms with van der Waals surface area (Å²) < 4.78 is 0. The molecule has 0 saturated heterocycles. The van der Waals surface area contributed by atoms with Crippen LogP contribution in [0.25, 0.3) is 0 Å². The molecule has 1 aromatic heterocycles. The molecule has 2 rings (SSSR count). The first-order valence-corrected chi connectivity index (χ1v) is 6.02. The van der Waals surface area contributed by atoms with Crippen molar-refractivity contribution in [3.8, 4) is 0 Å². The number of rotatable bonds is 5. The Hall–Kier alpha value is -1.61. The molecular weight excluding hydrogens is 210 g/mol. The normalized spacial score (nSPS) is 12.6. The first-order valence-electron chi connectivity index (χ1n) is 6.02. The van der Waals surface area contributed by atoms with Gasteiger partial charge in [-0.1, -0.05) is 37.3 Å². The molecular formula is C14H19N3. The van der Waals surface area contributed by atoms with Gasteiger partial charge in [-0.25, -0.2) is 4.98 Å². The van der Waals surface area contributed by atoms with Gasteiger partial charge in [-0.15, -0.1) is 0 Å². The Morgan fingerprint density at radius 3 is 2.71 bits per heavy atom. The fraction of sp³-hybridized carbons (Fsp3) is 0.357. The summed E-state index contributed by atoms with van der Waals surface area (Å²) in [6.07, 6.45) is 1.88. The van der Waals surface area contributed by atoms with Gasteiger partial charge in [0.1, 0.15) is 5.82 Å². The number of aromatic amines is 1. The van der Waals surface area contributed by atoms with E-state index < -0.39 is 0 Å². The van der Waals surface area contributed by atoms with E-state index in [4.69, 9.17) is 0 Å². The molecule has 0 radical (unpaired) electrons. The molecule has 0 aliphatic heterocycles. The Kier molecular flexibility index (Phi) is 3.94. The zero-order valence-corrected chi connectivity index (χ0v) is 10.4. The van der Waals surface area contributed by atoms with E-state index in [1.807, 2.05) is 13.1 Å². The van der Waals surface area contributed by atoms with Gasteiger partial charge in [0.05, 0.1) is 0 Å². The quantitative estimate of drug-likeness (QED) is 0.827. The van der Waals surface area contributed by atoms with Gasteiger partial charge in [0, 0.05) is 25.0 Å². The van der Waals surface area contributed by atoms with Gasteiger partial charge in [-0.2, -0.15) is 0 Å². The highest BCUT2D eigenvalue weighted by atomic mass is 15.0. The van der Waals surface area contributed by atoms with Gasteiger partial charge >= 0.3 is 0 Å². The maximum atomic E-state index is 4.18. The molecule has 0 aliphatic rings. The summed E-state index contributed by atoms with van der Waals surface area (Å²) in [6, 6.07) is 10.6. The van der Waals surface area contributed by atoms with Crippen molar-refractivity contribution in [1.29, 1.82) is 0 Å². The molecule has 0 saturated carbocycles. The summed E-state index contributed by atoms with van der Waals surface area (Å²) in [5.74, 6) is 1.50. The van der Waals surface area contributed by atoms with Crippen molar-refractivity contribution in [2.75, 3.05) is 6.54 Å². The number of hydrogen-bond acceptors (Lipinski definition) is 2. The van der Waals surface area contributed by atoms with Crippen LogP contribution in [-0.2, 0) is 6.54 Å². The molecule has 0 fully saturated rings.